The number of urea groups is 1. The molecule has 2 heterocycles. The summed E-state index contributed by atoms with van der Waals surface area (Å²) in [4.78, 5) is 13.9. The van der Waals surface area contributed by atoms with Gasteiger partial charge in [-0.25, -0.2) is 4.79 Å². The predicted octanol–water partition coefficient (Wildman–Crippen LogP) is 2.01. The van der Waals surface area contributed by atoms with E-state index >= 15 is 0 Å². The Bertz CT molecular complexity index is 627. The lowest BCUT2D eigenvalue weighted by Gasteiger charge is -2.17. The third-order valence-corrected chi connectivity index (χ3v) is 4.27. The summed E-state index contributed by atoms with van der Waals surface area (Å²) >= 11 is 0. The fourth-order valence-corrected chi connectivity index (χ4v) is 2.88. The minimum Gasteiger partial charge on any atom is -0.464 e. The number of nitrogens with one attached hydrogen (secondary N) is 1. The number of hydrogen-bond acceptors (Lipinski definition) is 4. The van der Waals surface area contributed by atoms with Gasteiger partial charge >= 0.3 is 6.03 Å². The highest BCUT2D eigenvalue weighted by Crippen LogP contribution is 2.25. The molecule has 0 saturated carbocycles. The van der Waals surface area contributed by atoms with E-state index in [1.807, 2.05) is 36.4 Å². The number of furan rings is 1. The molecule has 6 heteroatoms. The molecule has 3 rings (SSSR count). The number of likely N-dealkylation sites (tertiary alicyclic amines) is 1. The summed E-state index contributed by atoms with van der Waals surface area (Å²) in [6.07, 6.45) is 1.62. The minimum atomic E-state index is -0.217. The molecule has 2 aromatic rings. The van der Waals surface area contributed by atoms with Crippen molar-refractivity contribution in [3.8, 4) is 11.3 Å². The second-order valence-corrected chi connectivity index (χ2v) is 5.78. The van der Waals surface area contributed by atoms with Gasteiger partial charge in [-0.1, -0.05) is 0 Å². The molecule has 0 radical (unpaired) electrons. The van der Waals surface area contributed by atoms with Crippen molar-refractivity contribution in [2.24, 2.45) is 11.8 Å². The molecule has 3 N–H and O–H groups in total. The lowest BCUT2D eigenvalue weighted by atomic mass is 9.98. The first-order valence-corrected chi connectivity index (χ1v) is 7.63. The zero-order valence-corrected chi connectivity index (χ0v) is 12.7. The number of nitrogens with zero attached hydrogens (tertiary/aromatic N) is 1. The highest BCUT2D eigenvalue weighted by atomic mass is 16.3. The molecule has 0 unspecified atom stereocenters. The van der Waals surface area contributed by atoms with E-state index in [1.165, 1.54) is 0 Å². The monoisotopic (exact) mass is 316 g/mol. The van der Waals surface area contributed by atoms with Crippen LogP contribution in [0.4, 0.5) is 10.5 Å². The fourth-order valence-electron chi connectivity index (χ4n) is 2.88. The number of hydrogen-bond donors (Lipinski definition) is 3. The lowest BCUT2D eigenvalue weighted by molar-refractivity contribution is 0.152. The molecule has 1 saturated heterocycles. The van der Waals surface area contributed by atoms with Crippen molar-refractivity contribution in [2.45, 2.75) is 0 Å². The molecule has 2 amide bonds. The number of carbonyl (C=O) groups is 1. The van der Waals surface area contributed by atoms with Crippen molar-refractivity contribution in [1.29, 1.82) is 0 Å². The maximum atomic E-state index is 12.3. The summed E-state index contributed by atoms with van der Waals surface area (Å²) in [7, 11) is 0. The van der Waals surface area contributed by atoms with Crippen LogP contribution in [-0.4, -0.2) is 47.4 Å². The van der Waals surface area contributed by atoms with E-state index < -0.39 is 0 Å². The number of rotatable bonds is 4. The second kappa shape index (κ2) is 6.85. The summed E-state index contributed by atoms with van der Waals surface area (Å²) in [6, 6.07) is 10.9. The van der Waals surface area contributed by atoms with Crippen molar-refractivity contribution in [2.75, 3.05) is 31.6 Å². The number of aliphatic hydroxyl groups excluding tert-OH is 2. The minimum absolute atomic E-state index is 0.0210. The van der Waals surface area contributed by atoms with E-state index in [4.69, 9.17) is 4.42 Å². The molecule has 1 aliphatic rings. The molecule has 1 aromatic heterocycles. The molecule has 1 aromatic carbocycles. The zero-order chi connectivity index (χ0) is 16.2. The fraction of sp³-hybridized carbons (Fsp3) is 0.353. The molecular weight excluding hydrogens is 296 g/mol. The molecule has 6 nitrogen and oxygen atoms in total. The first-order valence-electron chi connectivity index (χ1n) is 7.63. The van der Waals surface area contributed by atoms with Crippen LogP contribution in [0.15, 0.2) is 47.1 Å². The number of amides is 2. The van der Waals surface area contributed by atoms with Crippen LogP contribution >= 0.6 is 0 Å². The summed E-state index contributed by atoms with van der Waals surface area (Å²) in [5.74, 6) is 0.651. The summed E-state index contributed by atoms with van der Waals surface area (Å²) < 4.78 is 5.33. The Morgan fingerprint density at radius 1 is 1.13 bits per heavy atom. The van der Waals surface area contributed by atoms with Crippen LogP contribution in [0.1, 0.15) is 0 Å². The molecule has 0 aliphatic carbocycles. The van der Waals surface area contributed by atoms with E-state index in [2.05, 4.69) is 5.32 Å². The third kappa shape index (κ3) is 3.38. The standard InChI is InChI=1S/C17H20N2O4/c20-10-13-8-19(9-14(13)11-21)17(22)18-15-5-3-12(4-6-15)16-2-1-7-23-16/h1-7,13-14,20-21H,8-11H2,(H,18,22)/t13-,14-/m0/s1. The van der Waals surface area contributed by atoms with Gasteiger partial charge in [-0.2, -0.15) is 0 Å². The molecule has 2 atom stereocenters. The van der Waals surface area contributed by atoms with Crippen molar-refractivity contribution >= 4 is 11.7 Å². The molecule has 0 bridgehead atoms. The average molecular weight is 316 g/mol. The quantitative estimate of drug-likeness (QED) is 0.805. The first-order chi connectivity index (χ1) is 11.2. The smallest absolute Gasteiger partial charge is 0.321 e. The normalized spacial score (nSPS) is 20.7. The van der Waals surface area contributed by atoms with Gasteiger partial charge in [-0.05, 0) is 36.4 Å². The van der Waals surface area contributed by atoms with E-state index in [0.717, 1.165) is 11.3 Å². The van der Waals surface area contributed by atoms with Crippen molar-refractivity contribution in [3.05, 3.63) is 42.7 Å². The van der Waals surface area contributed by atoms with Gasteiger partial charge in [-0.15, -0.1) is 0 Å². The molecule has 23 heavy (non-hydrogen) atoms. The molecule has 1 fully saturated rings. The van der Waals surface area contributed by atoms with Crippen molar-refractivity contribution in [3.63, 3.8) is 0 Å². The van der Waals surface area contributed by atoms with Gasteiger partial charge in [-0.3, -0.25) is 0 Å². The number of anilines is 1. The Labute approximate surface area is 134 Å². The van der Waals surface area contributed by atoms with Crippen LogP contribution in [0.2, 0.25) is 0 Å². The van der Waals surface area contributed by atoms with Gasteiger partial charge in [0.05, 0.1) is 6.26 Å². The third-order valence-electron chi connectivity index (χ3n) is 4.27. The molecule has 0 spiro atoms. The van der Waals surface area contributed by atoms with Crippen LogP contribution in [0.3, 0.4) is 0 Å². The summed E-state index contributed by atoms with van der Waals surface area (Å²) in [5.41, 5.74) is 1.63. The van der Waals surface area contributed by atoms with Gasteiger partial charge in [0.25, 0.3) is 0 Å². The van der Waals surface area contributed by atoms with Gasteiger partial charge in [0.2, 0.25) is 0 Å². The number of benzene rings is 1. The van der Waals surface area contributed by atoms with E-state index in [-0.39, 0.29) is 31.1 Å². The van der Waals surface area contributed by atoms with Crippen LogP contribution in [0.25, 0.3) is 11.3 Å². The van der Waals surface area contributed by atoms with Crippen LogP contribution < -0.4 is 5.32 Å². The van der Waals surface area contributed by atoms with Gasteiger partial charge in [0.1, 0.15) is 5.76 Å². The van der Waals surface area contributed by atoms with Crippen molar-refractivity contribution in [1.82, 2.24) is 4.90 Å². The number of carbonyl (C=O) groups excluding carboxylic acids is 1. The SMILES string of the molecule is O=C(Nc1ccc(-c2ccco2)cc1)N1C[C@@H](CO)[C@H](CO)C1. The first kappa shape index (κ1) is 15.6. The van der Waals surface area contributed by atoms with Crippen molar-refractivity contribution < 1.29 is 19.4 Å². The van der Waals surface area contributed by atoms with Gasteiger partial charge in [0.15, 0.2) is 0 Å². The maximum absolute atomic E-state index is 12.3. The predicted molar refractivity (Wildman–Crippen MR) is 85.9 cm³/mol. The highest BCUT2D eigenvalue weighted by molar-refractivity contribution is 5.89. The molecule has 122 valence electrons. The highest BCUT2D eigenvalue weighted by Gasteiger charge is 2.34. The average Bonchev–Trinajstić information content (AvgIpc) is 3.24. The largest absolute Gasteiger partial charge is 0.464 e. The number of aliphatic hydroxyl groups is 2. The topological polar surface area (TPSA) is 85.9 Å². The Morgan fingerprint density at radius 3 is 2.30 bits per heavy atom. The second-order valence-electron chi connectivity index (χ2n) is 5.78. The molecular formula is C17H20N2O4. The Hall–Kier alpha value is -2.31. The Morgan fingerprint density at radius 2 is 1.78 bits per heavy atom. The zero-order valence-electron chi connectivity index (χ0n) is 12.7. The van der Waals surface area contributed by atoms with Crippen LogP contribution in [0.5, 0.6) is 0 Å². The summed E-state index contributed by atoms with van der Waals surface area (Å²) in [5, 5.41) is 21.4. The van der Waals surface area contributed by atoms with Gasteiger partial charge < -0.3 is 24.8 Å². The Kier molecular flexibility index (Phi) is 4.64. The maximum Gasteiger partial charge on any atom is 0.321 e. The summed E-state index contributed by atoms with van der Waals surface area (Å²) in [6.45, 7) is 0.871. The Balaban J connectivity index is 1.62. The van der Waals surface area contributed by atoms with E-state index in [0.29, 0.717) is 18.8 Å². The lowest BCUT2D eigenvalue weighted by Crippen LogP contribution is -2.33. The van der Waals surface area contributed by atoms with E-state index in [1.54, 1.807) is 11.2 Å². The van der Waals surface area contributed by atoms with E-state index in [9.17, 15) is 15.0 Å². The molecule has 1 aliphatic heterocycles. The van der Waals surface area contributed by atoms with Crippen LogP contribution in [-0.2, 0) is 0 Å². The van der Waals surface area contributed by atoms with Gasteiger partial charge in [0, 0.05) is 49.4 Å². The van der Waals surface area contributed by atoms with Crippen LogP contribution in [0, 0.1) is 11.8 Å².